The standard InChI is InChI=1S/C20H28N6O2/c1-13-17-18(24-23-13)15-7-6-14(19(27)22-9-5-10-25(2)3)12-16(15)26(20(17)28)11-4-8-21/h6-7,12H,4-5,8-11,21H2,1-3H3,(H,22,27)(H,23,24). The van der Waals surface area contributed by atoms with Crippen LogP contribution in [0, 0.1) is 6.92 Å². The molecule has 0 saturated heterocycles. The molecule has 0 aliphatic carbocycles. The number of hydrogen-bond donors (Lipinski definition) is 3. The SMILES string of the molecule is Cc1[nH]nc2c1c(=O)n(CCCN)c1cc(C(=O)NCCCN(C)C)ccc21. The summed E-state index contributed by atoms with van der Waals surface area (Å²) in [5.74, 6) is -0.142. The van der Waals surface area contributed by atoms with E-state index in [0.29, 0.717) is 48.0 Å². The molecule has 0 atom stereocenters. The fourth-order valence-corrected chi connectivity index (χ4v) is 3.40. The Balaban J connectivity index is 2.01. The van der Waals surface area contributed by atoms with Gasteiger partial charge in [0.05, 0.1) is 10.9 Å². The van der Waals surface area contributed by atoms with E-state index >= 15 is 0 Å². The molecule has 2 heterocycles. The maximum absolute atomic E-state index is 13.0. The van der Waals surface area contributed by atoms with Crippen LogP contribution in [-0.2, 0) is 6.54 Å². The van der Waals surface area contributed by atoms with Crippen LogP contribution in [0.25, 0.3) is 21.8 Å². The Labute approximate surface area is 163 Å². The van der Waals surface area contributed by atoms with Crippen LogP contribution in [0.1, 0.15) is 28.9 Å². The molecule has 4 N–H and O–H groups in total. The highest BCUT2D eigenvalue weighted by atomic mass is 16.1. The van der Waals surface area contributed by atoms with Crippen molar-refractivity contribution in [1.29, 1.82) is 0 Å². The van der Waals surface area contributed by atoms with E-state index in [2.05, 4.69) is 20.4 Å². The zero-order valence-corrected chi connectivity index (χ0v) is 16.7. The first-order valence-corrected chi connectivity index (χ1v) is 9.58. The lowest BCUT2D eigenvalue weighted by atomic mass is 10.1. The van der Waals surface area contributed by atoms with Crippen molar-refractivity contribution in [2.24, 2.45) is 5.73 Å². The minimum absolute atomic E-state index is 0.106. The van der Waals surface area contributed by atoms with Crippen molar-refractivity contribution in [2.75, 3.05) is 33.7 Å². The second-order valence-electron chi connectivity index (χ2n) is 7.32. The van der Waals surface area contributed by atoms with Crippen molar-refractivity contribution in [1.82, 2.24) is 25.0 Å². The van der Waals surface area contributed by atoms with Gasteiger partial charge in [0.25, 0.3) is 11.5 Å². The van der Waals surface area contributed by atoms with Crippen molar-refractivity contribution in [2.45, 2.75) is 26.3 Å². The topological polar surface area (TPSA) is 109 Å². The molecule has 28 heavy (non-hydrogen) atoms. The van der Waals surface area contributed by atoms with Crippen LogP contribution in [0.5, 0.6) is 0 Å². The third-order valence-electron chi connectivity index (χ3n) is 4.87. The summed E-state index contributed by atoms with van der Waals surface area (Å²) in [7, 11) is 4.01. The van der Waals surface area contributed by atoms with Crippen molar-refractivity contribution in [3.05, 3.63) is 39.8 Å². The molecule has 150 valence electrons. The Morgan fingerprint density at radius 1 is 1.32 bits per heavy atom. The number of H-pyrrole nitrogens is 1. The highest BCUT2D eigenvalue weighted by Gasteiger charge is 2.17. The minimum Gasteiger partial charge on any atom is -0.352 e. The molecule has 0 saturated carbocycles. The fraction of sp³-hybridized carbons (Fsp3) is 0.450. The molecule has 0 unspecified atom stereocenters. The minimum atomic E-state index is -0.142. The van der Waals surface area contributed by atoms with Crippen LogP contribution in [0.2, 0.25) is 0 Å². The van der Waals surface area contributed by atoms with Crippen LogP contribution in [0.4, 0.5) is 0 Å². The van der Waals surface area contributed by atoms with Crippen molar-refractivity contribution in [3.63, 3.8) is 0 Å². The third kappa shape index (κ3) is 3.93. The quantitative estimate of drug-likeness (QED) is 0.506. The number of fused-ring (bicyclic) bond motifs is 3. The van der Waals surface area contributed by atoms with E-state index in [1.807, 2.05) is 27.1 Å². The lowest BCUT2D eigenvalue weighted by Crippen LogP contribution is -2.27. The summed E-state index contributed by atoms with van der Waals surface area (Å²) >= 11 is 0. The largest absolute Gasteiger partial charge is 0.352 e. The van der Waals surface area contributed by atoms with E-state index in [1.54, 1.807) is 16.7 Å². The Hall–Kier alpha value is -2.71. The van der Waals surface area contributed by atoms with Gasteiger partial charge >= 0.3 is 0 Å². The zero-order valence-electron chi connectivity index (χ0n) is 16.7. The second kappa shape index (κ2) is 8.53. The first kappa shape index (κ1) is 20.0. The smallest absolute Gasteiger partial charge is 0.262 e. The monoisotopic (exact) mass is 384 g/mol. The number of rotatable bonds is 8. The van der Waals surface area contributed by atoms with Crippen molar-refractivity contribution < 1.29 is 4.79 Å². The molecule has 3 aromatic rings. The fourth-order valence-electron chi connectivity index (χ4n) is 3.40. The molecule has 3 rings (SSSR count). The van der Waals surface area contributed by atoms with Gasteiger partial charge in [-0.2, -0.15) is 5.10 Å². The predicted octanol–water partition coefficient (Wildman–Crippen LogP) is 1.22. The van der Waals surface area contributed by atoms with E-state index in [-0.39, 0.29) is 11.5 Å². The highest BCUT2D eigenvalue weighted by Crippen LogP contribution is 2.24. The Bertz CT molecular complexity index is 1050. The summed E-state index contributed by atoms with van der Waals surface area (Å²) in [6.07, 6.45) is 1.55. The van der Waals surface area contributed by atoms with Gasteiger partial charge in [-0.05, 0) is 65.1 Å². The van der Waals surface area contributed by atoms with Crippen LogP contribution in [0.3, 0.4) is 0 Å². The van der Waals surface area contributed by atoms with Crippen molar-refractivity contribution >= 4 is 27.7 Å². The number of hydrogen-bond acceptors (Lipinski definition) is 5. The number of carbonyl (C=O) groups excluding carboxylic acids is 1. The number of nitrogens with one attached hydrogen (secondary N) is 2. The number of benzene rings is 1. The summed E-state index contributed by atoms with van der Waals surface area (Å²) in [5, 5.41) is 11.6. The summed E-state index contributed by atoms with van der Waals surface area (Å²) in [4.78, 5) is 27.7. The van der Waals surface area contributed by atoms with Crippen LogP contribution in [0.15, 0.2) is 23.0 Å². The zero-order chi connectivity index (χ0) is 20.3. The molecule has 1 amide bonds. The molecule has 0 aliphatic rings. The number of aromatic nitrogens is 3. The van der Waals surface area contributed by atoms with Gasteiger partial charge in [0.1, 0.15) is 5.52 Å². The first-order chi connectivity index (χ1) is 13.4. The van der Waals surface area contributed by atoms with E-state index < -0.39 is 0 Å². The average molecular weight is 384 g/mol. The summed E-state index contributed by atoms with van der Waals surface area (Å²) in [5.41, 5.74) is 8.17. The van der Waals surface area contributed by atoms with Crippen LogP contribution in [-0.4, -0.2) is 59.3 Å². The molecule has 1 aromatic carbocycles. The number of pyridine rings is 1. The number of nitrogens with zero attached hydrogens (tertiary/aromatic N) is 3. The molecule has 0 aliphatic heterocycles. The molecule has 8 heteroatoms. The second-order valence-corrected chi connectivity index (χ2v) is 7.32. The van der Waals surface area contributed by atoms with Gasteiger partial charge in [-0.3, -0.25) is 14.7 Å². The lowest BCUT2D eigenvalue weighted by Gasteiger charge is -2.13. The van der Waals surface area contributed by atoms with E-state index in [0.717, 1.165) is 24.0 Å². The molecular formula is C20H28N6O2. The molecule has 0 spiro atoms. The summed E-state index contributed by atoms with van der Waals surface area (Å²) < 4.78 is 1.70. The van der Waals surface area contributed by atoms with Gasteiger partial charge in [0.15, 0.2) is 0 Å². The van der Waals surface area contributed by atoms with Gasteiger partial charge in [-0.1, -0.05) is 0 Å². The number of carbonyl (C=O) groups is 1. The maximum atomic E-state index is 13.0. The Kier molecular flexibility index (Phi) is 6.11. The van der Waals surface area contributed by atoms with Crippen LogP contribution >= 0.6 is 0 Å². The summed E-state index contributed by atoms with van der Waals surface area (Å²) in [6.45, 7) is 4.34. The molecule has 8 nitrogen and oxygen atoms in total. The van der Waals surface area contributed by atoms with Crippen LogP contribution < -0.4 is 16.6 Å². The van der Waals surface area contributed by atoms with Gasteiger partial charge in [0, 0.05) is 29.7 Å². The number of aryl methyl sites for hydroxylation is 2. The molecular weight excluding hydrogens is 356 g/mol. The molecule has 0 radical (unpaired) electrons. The Morgan fingerprint density at radius 2 is 2.11 bits per heavy atom. The molecule has 0 fully saturated rings. The van der Waals surface area contributed by atoms with E-state index in [9.17, 15) is 9.59 Å². The molecule has 2 aromatic heterocycles. The normalized spacial score (nSPS) is 11.6. The maximum Gasteiger partial charge on any atom is 0.262 e. The molecule has 0 bridgehead atoms. The number of amides is 1. The lowest BCUT2D eigenvalue weighted by molar-refractivity contribution is 0.0952. The Morgan fingerprint density at radius 3 is 2.82 bits per heavy atom. The van der Waals surface area contributed by atoms with Crippen molar-refractivity contribution in [3.8, 4) is 0 Å². The van der Waals surface area contributed by atoms with Gasteiger partial charge in [0.2, 0.25) is 0 Å². The highest BCUT2D eigenvalue weighted by molar-refractivity contribution is 6.06. The summed E-state index contributed by atoms with van der Waals surface area (Å²) in [6, 6.07) is 5.42. The average Bonchev–Trinajstić information content (AvgIpc) is 3.06. The first-order valence-electron chi connectivity index (χ1n) is 9.58. The number of nitrogens with two attached hydrogens (primary N) is 1. The van der Waals surface area contributed by atoms with Gasteiger partial charge in [-0.15, -0.1) is 0 Å². The van der Waals surface area contributed by atoms with E-state index in [1.165, 1.54) is 0 Å². The van der Waals surface area contributed by atoms with E-state index in [4.69, 9.17) is 5.73 Å². The predicted molar refractivity (Wildman–Crippen MR) is 112 cm³/mol. The number of aromatic amines is 1. The van der Waals surface area contributed by atoms with Gasteiger partial charge < -0.3 is 20.5 Å². The third-order valence-corrected chi connectivity index (χ3v) is 4.87. The van der Waals surface area contributed by atoms with Gasteiger partial charge in [-0.25, -0.2) is 0 Å².